The molecule has 0 radical (unpaired) electrons. The van der Waals surface area contributed by atoms with E-state index in [1.807, 2.05) is 25.1 Å². The fraction of sp³-hybridized carbons (Fsp3) is 0.429. The second-order valence-electron chi connectivity index (χ2n) is 4.61. The van der Waals surface area contributed by atoms with Crippen molar-refractivity contribution in [1.29, 1.82) is 0 Å². The highest BCUT2D eigenvalue weighted by molar-refractivity contribution is 5.92. The van der Waals surface area contributed by atoms with Crippen molar-refractivity contribution in [2.45, 2.75) is 13.0 Å². The zero-order valence-corrected chi connectivity index (χ0v) is 11.0. The Hall–Kier alpha value is -1.88. The van der Waals surface area contributed by atoms with Gasteiger partial charge < -0.3 is 14.9 Å². The first kappa shape index (κ1) is 13.5. The van der Waals surface area contributed by atoms with E-state index in [0.717, 1.165) is 5.56 Å². The molecule has 0 aromatic heterocycles. The van der Waals surface area contributed by atoms with Crippen molar-refractivity contribution >= 4 is 11.8 Å². The fourth-order valence-corrected chi connectivity index (χ4v) is 2.15. The topological polar surface area (TPSA) is 60.9 Å². The van der Waals surface area contributed by atoms with Gasteiger partial charge in [0.2, 0.25) is 11.8 Å². The second kappa shape index (κ2) is 5.84. The molecule has 19 heavy (non-hydrogen) atoms. The van der Waals surface area contributed by atoms with Crippen molar-refractivity contribution in [3.8, 4) is 0 Å². The van der Waals surface area contributed by atoms with E-state index in [9.17, 15) is 14.7 Å². The van der Waals surface area contributed by atoms with E-state index in [2.05, 4.69) is 0 Å². The number of carbonyl (C=O) groups excluding carboxylic acids is 2. The minimum atomic E-state index is -0.758. The van der Waals surface area contributed by atoms with E-state index in [4.69, 9.17) is 0 Å². The zero-order chi connectivity index (χ0) is 13.8. The molecule has 0 bridgehead atoms. The highest BCUT2D eigenvalue weighted by atomic mass is 16.3. The molecular formula is C14H18N2O3. The summed E-state index contributed by atoms with van der Waals surface area (Å²) in [7, 11) is 0. The van der Waals surface area contributed by atoms with Gasteiger partial charge in [0.15, 0.2) is 0 Å². The summed E-state index contributed by atoms with van der Waals surface area (Å²) in [4.78, 5) is 26.6. The number of nitrogens with zero attached hydrogens (tertiary/aromatic N) is 2. The molecule has 0 aliphatic carbocycles. The normalized spacial score (nSPS) is 17.8. The van der Waals surface area contributed by atoms with Crippen LogP contribution in [0.15, 0.2) is 30.3 Å². The summed E-state index contributed by atoms with van der Waals surface area (Å²) in [6, 6.07) is 9.14. The smallest absolute Gasteiger partial charge is 0.242 e. The molecule has 102 valence electrons. The molecule has 0 spiro atoms. The minimum Gasteiger partial charge on any atom is -0.387 e. The first-order valence-corrected chi connectivity index (χ1v) is 6.40. The van der Waals surface area contributed by atoms with Crippen LogP contribution in [0, 0.1) is 0 Å². The van der Waals surface area contributed by atoms with E-state index >= 15 is 0 Å². The van der Waals surface area contributed by atoms with Crippen molar-refractivity contribution in [3.63, 3.8) is 0 Å². The SMILES string of the molecule is CCN1CC(=O)N(CC(O)c2ccccc2)CC1=O. The second-order valence-corrected chi connectivity index (χ2v) is 4.61. The van der Waals surface area contributed by atoms with Crippen LogP contribution in [0.5, 0.6) is 0 Å². The maximum Gasteiger partial charge on any atom is 0.242 e. The third kappa shape index (κ3) is 3.12. The Balaban J connectivity index is 2.00. The molecule has 1 fully saturated rings. The van der Waals surface area contributed by atoms with Gasteiger partial charge in [0, 0.05) is 6.54 Å². The Kier molecular flexibility index (Phi) is 4.16. The largest absolute Gasteiger partial charge is 0.387 e. The first-order chi connectivity index (χ1) is 9.11. The Bertz CT molecular complexity index is 461. The van der Waals surface area contributed by atoms with Crippen molar-refractivity contribution in [2.24, 2.45) is 0 Å². The average Bonchev–Trinajstić information content (AvgIpc) is 2.43. The number of aliphatic hydroxyl groups is 1. The molecule has 1 aliphatic heterocycles. The lowest BCUT2D eigenvalue weighted by molar-refractivity contribution is -0.151. The number of carbonyl (C=O) groups is 2. The molecule has 1 heterocycles. The summed E-state index contributed by atoms with van der Waals surface area (Å²) >= 11 is 0. The monoisotopic (exact) mass is 262 g/mol. The van der Waals surface area contributed by atoms with Gasteiger partial charge in [-0.3, -0.25) is 9.59 Å². The molecule has 5 nitrogen and oxygen atoms in total. The summed E-state index contributed by atoms with van der Waals surface area (Å²) in [5.74, 6) is -0.182. The van der Waals surface area contributed by atoms with Crippen LogP contribution in [-0.2, 0) is 9.59 Å². The molecule has 0 saturated carbocycles. The van der Waals surface area contributed by atoms with Gasteiger partial charge in [-0.05, 0) is 12.5 Å². The van der Waals surface area contributed by atoms with Crippen molar-refractivity contribution in [3.05, 3.63) is 35.9 Å². The standard InChI is InChI=1S/C14H18N2O3/c1-2-15-9-14(19)16(10-13(15)18)8-12(17)11-6-4-3-5-7-11/h3-7,12,17H,2,8-10H2,1H3. The van der Waals surface area contributed by atoms with E-state index in [-0.39, 0.29) is 31.4 Å². The number of hydrogen-bond donors (Lipinski definition) is 1. The molecule has 1 unspecified atom stereocenters. The van der Waals surface area contributed by atoms with Gasteiger partial charge in [0.1, 0.15) is 0 Å². The molecule has 5 heteroatoms. The Morgan fingerprint density at radius 2 is 1.68 bits per heavy atom. The van der Waals surface area contributed by atoms with Crippen LogP contribution in [0.2, 0.25) is 0 Å². The summed E-state index contributed by atoms with van der Waals surface area (Å²) < 4.78 is 0. The first-order valence-electron chi connectivity index (χ1n) is 6.40. The van der Waals surface area contributed by atoms with Gasteiger partial charge in [-0.25, -0.2) is 0 Å². The molecule has 1 N–H and O–H groups in total. The highest BCUT2D eigenvalue weighted by Gasteiger charge is 2.30. The Morgan fingerprint density at radius 3 is 2.32 bits per heavy atom. The number of piperazine rings is 1. The molecule has 1 aliphatic rings. The maximum atomic E-state index is 11.9. The number of rotatable bonds is 4. The summed E-state index contributed by atoms with van der Waals surface area (Å²) in [6.07, 6.45) is -0.758. The lowest BCUT2D eigenvalue weighted by atomic mass is 10.1. The van der Waals surface area contributed by atoms with Crippen LogP contribution < -0.4 is 0 Å². The molecule has 1 atom stereocenters. The van der Waals surface area contributed by atoms with E-state index in [0.29, 0.717) is 6.54 Å². The number of likely N-dealkylation sites (N-methyl/N-ethyl adjacent to an activating group) is 1. The molecular weight excluding hydrogens is 244 g/mol. The van der Waals surface area contributed by atoms with Gasteiger partial charge in [0.25, 0.3) is 0 Å². The lowest BCUT2D eigenvalue weighted by Gasteiger charge is -2.34. The van der Waals surface area contributed by atoms with Crippen molar-refractivity contribution in [1.82, 2.24) is 9.80 Å². The molecule has 1 saturated heterocycles. The molecule has 2 amide bonds. The van der Waals surface area contributed by atoms with Crippen LogP contribution in [0.25, 0.3) is 0 Å². The maximum absolute atomic E-state index is 11.9. The van der Waals surface area contributed by atoms with Crippen LogP contribution in [0.3, 0.4) is 0 Å². The van der Waals surface area contributed by atoms with E-state index in [1.165, 1.54) is 9.80 Å². The number of β-amino-alcohol motifs (C(OH)–C–C–N with tert-alkyl or cyclic N) is 1. The number of amides is 2. The van der Waals surface area contributed by atoms with Crippen LogP contribution in [0.4, 0.5) is 0 Å². The molecule has 1 aromatic carbocycles. The number of aliphatic hydroxyl groups excluding tert-OH is 1. The Labute approximate surface area is 112 Å². The predicted molar refractivity (Wildman–Crippen MR) is 70.2 cm³/mol. The highest BCUT2D eigenvalue weighted by Crippen LogP contribution is 2.15. The van der Waals surface area contributed by atoms with E-state index in [1.54, 1.807) is 12.1 Å². The summed E-state index contributed by atoms with van der Waals surface area (Å²) in [5.41, 5.74) is 0.751. The molecule has 2 rings (SSSR count). The van der Waals surface area contributed by atoms with Gasteiger partial charge >= 0.3 is 0 Å². The third-order valence-electron chi connectivity index (χ3n) is 3.32. The van der Waals surface area contributed by atoms with Gasteiger partial charge in [0.05, 0.1) is 25.7 Å². The van der Waals surface area contributed by atoms with Crippen molar-refractivity contribution < 1.29 is 14.7 Å². The zero-order valence-electron chi connectivity index (χ0n) is 11.0. The number of benzene rings is 1. The van der Waals surface area contributed by atoms with Crippen molar-refractivity contribution in [2.75, 3.05) is 26.2 Å². The molecule has 1 aromatic rings. The fourth-order valence-electron chi connectivity index (χ4n) is 2.15. The summed E-state index contributed by atoms with van der Waals surface area (Å²) in [6.45, 7) is 2.71. The van der Waals surface area contributed by atoms with Gasteiger partial charge in [-0.15, -0.1) is 0 Å². The van der Waals surface area contributed by atoms with Crippen LogP contribution in [-0.4, -0.2) is 52.9 Å². The van der Waals surface area contributed by atoms with Crippen LogP contribution >= 0.6 is 0 Å². The summed E-state index contributed by atoms with van der Waals surface area (Å²) in [5, 5.41) is 10.1. The lowest BCUT2D eigenvalue weighted by Crippen LogP contribution is -2.54. The Morgan fingerprint density at radius 1 is 1.11 bits per heavy atom. The number of hydrogen-bond acceptors (Lipinski definition) is 3. The third-order valence-corrected chi connectivity index (χ3v) is 3.32. The average molecular weight is 262 g/mol. The predicted octanol–water partition coefficient (Wildman–Crippen LogP) is 0.411. The van der Waals surface area contributed by atoms with Gasteiger partial charge in [-0.2, -0.15) is 0 Å². The van der Waals surface area contributed by atoms with Crippen LogP contribution in [0.1, 0.15) is 18.6 Å². The van der Waals surface area contributed by atoms with E-state index < -0.39 is 6.10 Å². The quantitative estimate of drug-likeness (QED) is 0.855. The van der Waals surface area contributed by atoms with Gasteiger partial charge in [-0.1, -0.05) is 30.3 Å². The minimum absolute atomic E-state index is 0.0521.